The van der Waals surface area contributed by atoms with E-state index in [9.17, 15) is 4.79 Å². The van der Waals surface area contributed by atoms with E-state index in [0.29, 0.717) is 5.92 Å². The van der Waals surface area contributed by atoms with Crippen LogP contribution in [0.4, 0.5) is 10.5 Å². The molecule has 4 heteroatoms. The highest BCUT2D eigenvalue weighted by atomic mass is 16.2. The fraction of sp³-hybridized carbons (Fsp3) is 0.562. The molecule has 0 unspecified atom stereocenters. The minimum atomic E-state index is 0.0184. The van der Waals surface area contributed by atoms with Gasteiger partial charge < -0.3 is 16.0 Å². The molecule has 0 atom stereocenters. The molecule has 1 aliphatic rings. The standard InChI is InChI=1S/C16H25N3O/c1-12-3-4-13(2)15(11-12)18-16(20)19-9-6-14(5-8-17)7-10-19/h3-4,11,14H,5-10,17H2,1-2H3,(H,18,20). The van der Waals surface area contributed by atoms with Gasteiger partial charge in [0.2, 0.25) is 0 Å². The van der Waals surface area contributed by atoms with Crippen molar-refractivity contribution in [3.63, 3.8) is 0 Å². The first-order valence-electron chi connectivity index (χ1n) is 7.43. The SMILES string of the molecule is Cc1ccc(C)c(NC(=O)N2CCC(CCN)CC2)c1. The molecule has 20 heavy (non-hydrogen) atoms. The first kappa shape index (κ1) is 14.9. The predicted molar refractivity (Wildman–Crippen MR) is 82.9 cm³/mol. The van der Waals surface area contributed by atoms with Crippen LogP contribution in [0.3, 0.4) is 0 Å². The van der Waals surface area contributed by atoms with Crippen LogP contribution in [0.2, 0.25) is 0 Å². The number of aryl methyl sites for hydroxylation is 2. The van der Waals surface area contributed by atoms with Crippen LogP contribution in [0.15, 0.2) is 18.2 Å². The Kier molecular flexibility index (Phi) is 5.01. The maximum atomic E-state index is 12.3. The number of carbonyl (C=O) groups excluding carboxylic acids is 1. The van der Waals surface area contributed by atoms with Crippen molar-refractivity contribution in [3.8, 4) is 0 Å². The van der Waals surface area contributed by atoms with E-state index in [1.54, 1.807) is 0 Å². The van der Waals surface area contributed by atoms with E-state index < -0.39 is 0 Å². The monoisotopic (exact) mass is 275 g/mol. The first-order chi connectivity index (χ1) is 9.60. The molecule has 1 heterocycles. The topological polar surface area (TPSA) is 58.4 Å². The van der Waals surface area contributed by atoms with Crippen molar-refractivity contribution in [2.45, 2.75) is 33.1 Å². The molecule has 110 valence electrons. The minimum Gasteiger partial charge on any atom is -0.330 e. The lowest BCUT2D eigenvalue weighted by Crippen LogP contribution is -2.41. The zero-order chi connectivity index (χ0) is 14.5. The molecule has 1 aromatic rings. The Balaban J connectivity index is 1.91. The number of nitrogens with zero attached hydrogens (tertiary/aromatic N) is 1. The predicted octanol–water partition coefficient (Wildman–Crippen LogP) is 2.90. The Bertz CT molecular complexity index is 465. The number of benzene rings is 1. The number of anilines is 1. The summed E-state index contributed by atoms with van der Waals surface area (Å²) in [4.78, 5) is 14.2. The maximum Gasteiger partial charge on any atom is 0.321 e. The molecule has 0 spiro atoms. The number of nitrogens with one attached hydrogen (secondary N) is 1. The van der Waals surface area contributed by atoms with E-state index in [1.165, 1.54) is 0 Å². The highest BCUT2D eigenvalue weighted by Gasteiger charge is 2.22. The summed E-state index contributed by atoms with van der Waals surface area (Å²) in [6, 6.07) is 6.14. The number of amides is 2. The number of nitrogens with two attached hydrogens (primary N) is 1. The largest absolute Gasteiger partial charge is 0.330 e. The van der Waals surface area contributed by atoms with Gasteiger partial charge in [0.25, 0.3) is 0 Å². The van der Waals surface area contributed by atoms with Crippen LogP contribution < -0.4 is 11.1 Å². The average molecular weight is 275 g/mol. The number of rotatable bonds is 3. The van der Waals surface area contributed by atoms with Gasteiger partial charge in [0, 0.05) is 18.8 Å². The molecule has 0 bridgehead atoms. The highest BCUT2D eigenvalue weighted by Crippen LogP contribution is 2.22. The summed E-state index contributed by atoms with van der Waals surface area (Å²) >= 11 is 0. The fourth-order valence-electron chi connectivity index (χ4n) is 2.73. The van der Waals surface area contributed by atoms with Crippen LogP contribution in [0.25, 0.3) is 0 Å². The van der Waals surface area contributed by atoms with Gasteiger partial charge in [-0.1, -0.05) is 12.1 Å². The van der Waals surface area contributed by atoms with Crippen LogP contribution in [0, 0.1) is 19.8 Å². The van der Waals surface area contributed by atoms with Crippen LogP contribution in [-0.4, -0.2) is 30.6 Å². The summed E-state index contributed by atoms with van der Waals surface area (Å²) in [5.41, 5.74) is 8.77. The molecule has 0 aliphatic carbocycles. The summed E-state index contributed by atoms with van der Waals surface area (Å²) in [6.07, 6.45) is 3.21. The number of hydrogen-bond donors (Lipinski definition) is 2. The van der Waals surface area contributed by atoms with Crippen molar-refractivity contribution in [1.29, 1.82) is 0 Å². The van der Waals surface area contributed by atoms with Crippen molar-refractivity contribution >= 4 is 11.7 Å². The summed E-state index contributed by atoms with van der Waals surface area (Å²) in [5.74, 6) is 0.685. The highest BCUT2D eigenvalue weighted by molar-refractivity contribution is 5.90. The van der Waals surface area contributed by atoms with Crippen LogP contribution in [-0.2, 0) is 0 Å². The van der Waals surface area contributed by atoms with Gasteiger partial charge in [-0.25, -0.2) is 4.79 Å². The van der Waals surface area contributed by atoms with Gasteiger partial charge in [-0.05, 0) is 62.8 Å². The molecular weight excluding hydrogens is 250 g/mol. The van der Waals surface area contributed by atoms with Gasteiger partial charge in [0.05, 0.1) is 0 Å². The second-order valence-electron chi connectivity index (χ2n) is 5.76. The molecule has 3 N–H and O–H groups in total. The van der Waals surface area contributed by atoms with Gasteiger partial charge in [-0.3, -0.25) is 0 Å². The van der Waals surface area contributed by atoms with Crippen molar-refractivity contribution in [2.24, 2.45) is 11.7 Å². The van der Waals surface area contributed by atoms with Gasteiger partial charge in [-0.2, -0.15) is 0 Å². The molecule has 4 nitrogen and oxygen atoms in total. The van der Waals surface area contributed by atoms with E-state index >= 15 is 0 Å². The lowest BCUT2D eigenvalue weighted by molar-refractivity contribution is 0.180. The van der Waals surface area contributed by atoms with Crippen LogP contribution in [0.1, 0.15) is 30.4 Å². The van der Waals surface area contributed by atoms with Crippen LogP contribution >= 0.6 is 0 Å². The minimum absolute atomic E-state index is 0.0184. The first-order valence-corrected chi connectivity index (χ1v) is 7.43. The van der Waals surface area contributed by atoms with Crippen molar-refractivity contribution in [1.82, 2.24) is 4.90 Å². The summed E-state index contributed by atoms with van der Waals surface area (Å²) in [5, 5.41) is 3.03. The zero-order valence-electron chi connectivity index (χ0n) is 12.5. The van der Waals surface area contributed by atoms with Gasteiger partial charge in [-0.15, -0.1) is 0 Å². The van der Waals surface area contributed by atoms with Gasteiger partial charge >= 0.3 is 6.03 Å². The number of likely N-dealkylation sites (tertiary alicyclic amines) is 1. The van der Waals surface area contributed by atoms with Gasteiger partial charge in [0.15, 0.2) is 0 Å². The van der Waals surface area contributed by atoms with E-state index in [1.807, 2.05) is 30.9 Å². The Morgan fingerprint density at radius 1 is 1.35 bits per heavy atom. The van der Waals surface area contributed by atoms with Gasteiger partial charge in [0.1, 0.15) is 0 Å². The number of piperidine rings is 1. The van der Waals surface area contributed by atoms with E-state index in [-0.39, 0.29) is 6.03 Å². The molecule has 0 saturated carbocycles. The Hall–Kier alpha value is -1.55. The summed E-state index contributed by atoms with van der Waals surface area (Å²) in [7, 11) is 0. The average Bonchev–Trinajstić information content (AvgIpc) is 2.44. The molecule has 2 amide bonds. The molecular formula is C16H25N3O. The van der Waals surface area contributed by atoms with Crippen molar-refractivity contribution in [2.75, 3.05) is 25.0 Å². The molecule has 0 radical (unpaired) electrons. The van der Waals surface area contributed by atoms with Crippen molar-refractivity contribution in [3.05, 3.63) is 29.3 Å². The lowest BCUT2D eigenvalue weighted by Gasteiger charge is -2.32. The molecule has 1 saturated heterocycles. The smallest absolute Gasteiger partial charge is 0.321 e. The second kappa shape index (κ2) is 6.75. The molecule has 1 fully saturated rings. The molecule has 1 aromatic carbocycles. The summed E-state index contributed by atoms with van der Waals surface area (Å²) < 4.78 is 0. The number of hydrogen-bond acceptors (Lipinski definition) is 2. The Morgan fingerprint density at radius 2 is 2.05 bits per heavy atom. The van der Waals surface area contributed by atoms with E-state index in [4.69, 9.17) is 5.73 Å². The third-order valence-electron chi connectivity index (χ3n) is 4.11. The van der Waals surface area contributed by atoms with E-state index in [0.717, 1.165) is 55.7 Å². The number of carbonyl (C=O) groups is 1. The molecule has 0 aromatic heterocycles. The Labute approximate surface area is 121 Å². The molecule has 1 aliphatic heterocycles. The van der Waals surface area contributed by atoms with E-state index in [2.05, 4.69) is 11.4 Å². The lowest BCUT2D eigenvalue weighted by atomic mass is 9.94. The summed E-state index contributed by atoms with van der Waals surface area (Å²) in [6.45, 7) is 6.47. The quantitative estimate of drug-likeness (QED) is 0.891. The zero-order valence-corrected chi connectivity index (χ0v) is 12.5. The third-order valence-corrected chi connectivity index (χ3v) is 4.11. The normalized spacial score (nSPS) is 16.2. The van der Waals surface area contributed by atoms with Crippen molar-refractivity contribution < 1.29 is 4.79 Å². The third kappa shape index (κ3) is 3.73. The Morgan fingerprint density at radius 3 is 2.70 bits per heavy atom. The maximum absolute atomic E-state index is 12.3. The molecule has 2 rings (SSSR count). The van der Waals surface area contributed by atoms with Crippen LogP contribution in [0.5, 0.6) is 0 Å². The fourth-order valence-corrected chi connectivity index (χ4v) is 2.73. The number of urea groups is 1. The second-order valence-corrected chi connectivity index (χ2v) is 5.76.